The summed E-state index contributed by atoms with van der Waals surface area (Å²) in [6.45, 7) is -0.192. The largest absolute Gasteiger partial charge is 0.495 e. The first-order chi connectivity index (χ1) is 12.8. The van der Waals surface area contributed by atoms with Gasteiger partial charge in [0.2, 0.25) is 21.7 Å². The zero-order valence-corrected chi connectivity index (χ0v) is 16.0. The summed E-state index contributed by atoms with van der Waals surface area (Å²) >= 11 is 5.84. The monoisotopic (exact) mass is 411 g/mol. The predicted molar refractivity (Wildman–Crippen MR) is 96.3 cm³/mol. The number of ether oxygens (including phenoxy) is 1. The highest BCUT2D eigenvalue weighted by molar-refractivity contribution is 7.89. The van der Waals surface area contributed by atoms with E-state index in [4.69, 9.17) is 20.9 Å². The third-order valence-corrected chi connectivity index (χ3v) is 5.82. The van der Waals surface area contributed by atoms with E-state index in [-0.39, 0.29) is 23.1 Å². The number of nitrogens with zero attached hydrogens (tertiary/aromatic N) is 3. The van der Waals surface area contributed by atoms with Gasteiger partial charge in [-0.05, 0) is 42.5 Å². The standard InChI is InChI=1S/C17H15ClFN3O4S/c1-22(27(23,24)15-9-13(19)7-8-14(15)25-2)10-16-20-17(21-26-16)11-3-5-12(18)6-4-11/h3-9H,10H2,1-2H3. The lowest BCUT2D eigenvalue weighted by Crippen LogP contribution is -2.27. The molecule has 0 unspecified atom stereocenters. The van der Waals surface area contributed by atoms with E-state index in [0.717, 1.165) is 16.4 Å². The van der Waals surface area contributed by atoms with E-state index in [9.17, 15) is 12.8 Å². The molecule has 0 spiro atoms. The highest BCUT2D eigenvalue weighted by Gasteiger charge is 2.27. The molecule has 0 saturated carbocycles. The molecule has 3 rings (SSSR count). The van der Waals surface area contributed by atoms with Gasteiger partial charge in [-0.2, -0.15) is 9.29 Å². The maximum Gasteiger partial charge on any atom is 0.247 e. The van der Waals surface area contributed by atoms with Gasteiger partial charge in [0.05, 0.1) is 13.7 Å². The smallest absolute Gasteiger partial charge is 0.247 e. The van der Waals surface area contributed by atoms with Crippen molar-refractivity contribution in [3.05, 3.63) is 59.2 Å². The van der Waals surface area contributed by atoms with Gasteiger partial charge < -0.3 is 9.26 Å². The van der Waals surface area contributed by atoms with Crippen LogP contribution in [0.5, 0.6) is 5.75 Å². The van der Waals surface area contributed by atoms with Crippen LogP contribution in [0.25, 0.3) is 11.4 Å². The average Bonchev–Trinajstić information content (AvgIpc) is 3.10. The summed E-state index contributed by atoms with van der Waals surface area (Å²) in [5, 5.41) is 4.40. The molecule has 3 aromatic rings. The first-order valence-electron chi connectivity index (χ1n) is 7.69. The van der Waals surface area contributed by atoms with E-state index >= 15 is 0 Å². The molecule has 2 aromatic carbocycles. The lowest BCUT2D eigenvalue weighted by atomic mass is 10.2. The number of halogens is 2. The Balaban J connectivity index is 1.84. The molecule has 0 saturated heterocycles. The molecule has 0 aliphatic heterocycles. The maximum absolute atomic E-state index is 13.5. The highest BCUT2D eigenvalue weighted by Crippen LogP contribution is 2.28. The number of methoxy groups -OCH3 is 1. The molecule has 0 radical (unpaired) electrons. The van der Waals surface area contributed by atoms with Crippen molar-refractivity contribution in [3.63, 3.8) is 0 Å². The van der Waals surface area contributed by atoms with Crippen molar-refractivity contribution in [2.24, 2.45) is 0 Å². The van der Waals surface area contributed by atoms with Gasteiger partial charge >= 0.3 is 0 Å². The topological polar surface area (TPSA) is 85.5 Å². The van der Waals surface area contributed by atoms with Gasteiger partial charge in [0, 0.05) is 17.6 Å². The molecule has 7 nitrogen and oxygen atoms in total. The van der Waals surface area contributed by atoms with Crippen LogP contribution in [0.1, 0.15) is 5.89 Å². The summed E-state index contributed by atoms with van der Waals surface area (Å²) < 4.78 is 50.2. The number of benzene rings is 2. The van der Waals surface area contributed by atoms with Crippen molar-refractivity contribution >= 4 is 21.6 Å². The Hall–Kier alpha value is -2.49. The van der Waals surface area contributed by atoms with E-state index in [2.05, 4.69) is 10.1 Å². The number of hydrogen-bond acceptors (Lipinski definition) is 6. The van der Waals surface area contributed by atoms with Gasteiger partial charge in [-0.3, -0.25) is 0 Å². The Morgan fingerprint density at radius 2 is 1.93 bits per heavy atom. The number of rotatable bonds is 6. The summed E-state index contributed by atoms with van der Waals surface area (Å²) in [6.07, 6.45) is 0. The van der Waals surface area contributed by atoms with E-state index in [1.54, 1.807) is 24.3 Å². The number of hydrogen-bond donors (Lipinski definition) is 0. The number of aromatic nitrogens is 2. The Morgan fingerprint density at radius 3 is 2.59 bits per heavy atom. The molecule has 27 heavy (non-hydrogen) atoms. The number of sulfonamides is 1. The van der Waals surface area contributed by atoms with Crippen molar-refractivity contribution in [2.75, 3.05) is 14.2 Å². The molecular weight excluding hydrogens is 397 g/mol. The average molecular weight is 412 g/mol. The Bertz CT molecular complexity index is 1050. The van der Waals surface area contributed by atoms with Gasteiger partial charge in [0.25, 0.3) is 0 Å². The lowest BCUT2D eigenvalue weighted by Gasteiger charge is -2.17. The molecule has 0 aliphatic rings. The van der Waals surface area contributed by atoms with Crippen molar-refractivity contribution in [1.82, 2.24) is 14.4 Å². The molecule has 0 amide bonds. The van der Waals surface area contributed by atoms with E-state index < -0.39 is 15.8 Å². The van der Waals surface area contributed by atoms with Crippen molar-refractivity contribution in [1.29, 1.82) is 0 Å². The minimum Gasteiger partial charge on any atom is -0.495 e. The highest BCUT2D eigenvalue weighted by atomic mass is 35.5. The van der Waals surface area contributed by atoms with E-state index in [0.29, 0.717) is 16.4 Å². The molecule has 0 N–H and O–H groups in total. The molecule has 0 aliphatic carbocycles. The van der Waals surface area contributed by atoms with Gasteiger partial charge in [-0.25, -0.2) is 12.8 Å². The zero-order chi connectivity index (χ0) is 19.6. The van der Waals surface area contributed by atoms with Crippen LogP contribution < -0.4 is 4.74 Å². The second-order valence-electron chi connectivity index (χ2n) is 5.57. The van der Waals surface area contributed by atoms with Gasteiger partial charge in [-0.1, -0.05) is 16.8 Å². The summed E-state index contributed by atoms with van der Waals surface area (Å²) in [7, 11) is -1.41. The Morgan fingerprint density at radius 1 is 1.22 bits per heavy atom. The molecule has 1 heterocycles. The fraction of sp³-hybridized carbons (Fsp3) is 0.176. The van der Waals surface area contributed by atoms with Crippen molar-refractivity contribution in [3.8, 4) is 17.1 Å². The zero-order valence-electron chi connectivity index (χ0n) is 14.4. The van der Waals surface area contributed by atoms with Crippen LogP contribution in [0.4, 0.5) is 4.39 Å². The third kappa shape index (κ3) is 4.10. The molecular formula is C17H15ClFN3O4S. The second-order valence-corrected chi connectivity index (χ2v) is 8.02. The summed E-state index contributed by atoms with van der Waals surface area (Å²) in [6, 6.07) is 10.1. The van der Waals surface area contributed by atoms with Crippen LogP contribution in [-0.4, -0.2) is 37.0 Å². The van der Waals surface area contributed by atoms with Gasteiger partial charge in [0.1, 0.15) is 16.5 Å². The maximum atomic E-state index is 13.5. The molecule has 142 valence electrons. The fourth-order valence-electron chi connectivity index (χ4n) is 2.33. The predicted octanol–water partition coefficient (Wildman–Crippen LogP) is 3.36. The molecule has 1 aromatic heterocycles. The minimum atomic E-state index is -4.04. The normalized spacial score (nSPS) is 11.7. The Kier molecular flexibility index (Phi) is 5.45. The summed E-state index contributed by atoms with van der Waals surface area (Å²) in [5.74, 6) is -0.265. The van der Waals surface area contributed by atoms with Gasteiger partial charge in [0.15, 0.2) is 0 Å². The van der Waals surface area contributed by atoms with Gasteiger partial charge in [-0.15, -0.1) is 0 Å². The SMILES string of the molecule is COc1ccc(F)cc1S(=O)(=O)N(C)Cc1nc(-c2ccc(Cl)cc2)no1. The first-order valence-corrected chi connectivity index (χ1v) is 9.51. The molecule has 0 fully saturated rings. The third-order valence-electron chi connectivity index (χ3n) is 3.74. The summed E-state index contributed by atoms with van der Waals surface area (Å²) in [4.78, 5) is 3.90. The van der Waals surface area contributed by atoms with Crippen LogP contribution >= 0.6 is 11.6 Å². The van der Waals surface area contributed by atoms with Crippen LogP contribution in [0, 0.1) is 5.82 Å². The lowest BCUT2D eigenvalue weighted by molar-refractivity contribution is 0.335. The minimum absolute atomic E-state index is 0.0376. The second kappa shape index (κ2) is 7.63. The molecule has 10 heteroatoms. The molecule has 0 bridgehead atoms. The van der Waals surface area contributed by atoms with Crippen LogP contribution in [0.15, 0.2) is 51.9 Å². The van der Waals surface area contributed by atoms with Crippen LogP contribution in [0.3, 0.4) is 0 Å². The van der Waals surface area contributed by atoms with Crippen LogP contribution in [-0.2, 0) is 16.6 Å². The summed E-state index contributed by atoms with van der Waals surface area (Å²) in [5.41, 5.74) is 0.673. The van der Waals surface area contributed by atoms with Crippen LogP contribution in [0.2, 0.25) is 5.02 Å². The fourth-order valence-corrected chi connectivity index (χ4v) is 3.74. The molecule has 0 atom stereocenters. The quantitative estimate of drug-likeness (QED) is 0.618. The van der Waals surface area contributed by atoms with E-state index in [1.165, 1.54) is 20.2 Å². The first kappa shape index (κ1) is 19.3. The van der Waals surface area contributed by atoms with Crippen molar-refractivity contribution in [2.45, 2.75) is 11.4 Å². The Labute approximate surface area is 160 Å². The van der Waals surface area contributed by atoms with E-state index in [1.807, 2.05) is 0 Å². The van der Waals surface area contributed by atoms with Crippen molar-refractivity contribution < 1.29 is 22.1 Å².